The van der Waals surface area contributed by atoms with Gasteiger partial charge in [-0.1, -0.05) is 5.16 Å². The molecular weight excluding hydrogens is 282 g/mol. The van der Waals surface area contributed by atoms with Gasteiger partial charge in [0.1, 0.15) is 0 Å². The van der Waals surface area contributed by atoms with Crippen molar-refractivity contribution in [3.8, 4) is 0 Å². The lowest BCUT2D eigenvalue weighted by atomic mass is 9.97. The first-order chi connectivity index (χ1) is 10.7. The quantitative estimate of drug-likeness (QED) is 0.910. The summed E-state index contributed by atoms with van der Waals surface area (Å²) in [5, 5.41) is 10.7. The van der Waals surface area contributed by atoms with Gasteiger partial charge in [-0.05, 0) is 31.2 Å². The van der Waals surface area contributed by atoms with Gasteiger partial charge in [-0.3, -0.25) is 9.89 Å². The van der Waals surface area contributed by atoms with Crippen molar-refractivity contribution in [2.75, 3.05) is 13.1 Å². The predicted octanol–water partition coefficient (Wildman–Crippen LogP) is 1.83. The highest BCUT2D eigenvalue weighted by Crippen LogP contribution is 2.25. The SMILES string of the molecule is Cc1nc([C@@H]2CCCN(C(=O)CCCc3cn[nH]c3)C2)no1. The fraction of sp³-hybridized carbons (Fsp3) is 0.600. The molecule has 0 aliphatic carbocycles. The number of carbonyl (C=O) groups is 1. The molecule has 0 saturated carbocycles. The predicted molar refractivity (Wildman–Crippen MR) is 79.1 cm³/mol. The Kier molecular flexibility index (Phi) is 4.50. The molecule has 1 aliphatic heterocycles. The standard InChI is InChI=1S/C15H21N5O2/c1-11-18-15(19-22-11)13-5-3-7-20(10-13)14(21)6-2-4-12-8-16-17-9-12/h8-9,13H,2-7,10H2,1H3,(H,16,17)/t13-/m1/s1. The summed E-state index contributed by atoms with van der Waals surface area (Å²) in [6.07, 6.45) is 7.98. The van der Waals surface area contributed by atoms with Gasteiger partial charge in [0.15, 0.2) is 5.82 Å². The van der Waals surface area contributed by atoms with Crippen LogP contribution in [0.2, 0.25) is 0 Å². The normalized spacial score (nSPS) is 18.6. The number of amides is 1. The zero-order valence-corrected chi connectivity index (χ0v) is 12.8. The molecule has 0 spiro atoms. The summed E-state index contributed by atoms with van der Waals surface area (Å²) in [6, 6.07) is 0. The smallest absolute Gasteiger partial charge is 0.223 e. The molecule has 0 radical (unpaired) electrons. The number of hydrogen-bond donors (Lipinski definition) is 1. The molecule has 7 nitrogen and oxygen atoms in total. The van der Waals surface area contributed by atoms with Gasteiger partial charge in [-0.25, -0.2) is 0 Å². The van der Waals surface area contributed by atoms with Crippen LogP contribution < -0.4 is 0 Å². The van der Waals surface area contributed by atoms with Crippen molar-refractivity contribution in [1.29, 1.82) is 0 Å². The van der Waals surface area contributed by atoms with Gasteiger partial charge in [0.05, 0.1) is 6.20 Å². The fourth-order valence-electron chi connectivity index (χ4n) is 2.91. The summed E-state index contributed by atoms with van der Waals surface area (Å²) in [5.74, 6) is 1.73. The molecule has 118 valence electrons. The molecule has 1 fully saturated rings. The molecular formula is C15H21N5O2. The number of aromatic nitrogens is 4. The van der Waals surface area contributed by atoms with Crippen LogP contribution in [0.5, 0.6) is 0 Å². The van der Waals surface area contributed by atoms with E-state index in [4.69, 9.17) is 4.52 Å². The third kappa shape index (κ3) is 3.52. The van der Waals surface area contributed by atoms with Crippen LogP contribution in [0.15, 0.2) is 16.9 Å². The van der Waals surface area contributed by atoms with Crippen LogP contribution in [0.4, 0.5) is 0 Å². The van der Waals surface area contributed by atoms with Crippen molar-refractivity contribution >= 4 is 5.91 Å². The minimum atomic E-state index is 0.198. The number of likely N-dealkylation sites (tertiary alicyclic amines) is 1. The summed E-state index contributed by atoms with van der Waals surface area (Å²) in [7, 11) is 0. The highest BCUT2D eigenvalue weighted by atomic mass is 16.5. The Hall–Kier alpha value is -2.18. The third-order valence-electron chi connectivity index (χ3n) is 4.09. The van der Waals surface area contributed by atoms with Crippen LogP contribution >= 0.6 is 0 Å². The molecule has 2 aromatic heterocycles. The van der Waals surface area contributed by atoms with Crippen LogP contribution in [0.25, 0.3) is 0 Å². The molecule has 2 aromatic rings. The van der Waals surface area contributed by atoms with Crippen molar-refractivity contribution in [1.82, 2.24) is 25.2 Å². The van der Waals surface area contributed by atoms with E-state index in [0.29, 0.717) is 18.9 Å². The van der Waals surface area contributed by atoms with Gasteiger partial charge in [0, 0.05) is 38.5 Å². The first kappa shape index (κ1) is 14.7. The van der Waals surface area contributed by atoms with E-state index in [9.17, 15) is 4.79 Å². The number of rotatable bonds is 5. The largest absolute Gasteiger partial charge is 0.342 e. The Bertz CT molecular complexity index is 607. The Morgan fingerprint density at radius 2 is 2.45 bits per heavy atom. The van der Waals surface area contributed by atoms with Crippen molar-refractivity contribution in [2.45, 2.75) is 44.9 Å². The molecule has 3 heterocycles. The molecule has 1 atom stereocenters. The van der Waals surface area contributed by atoms with E-state index in [1.54, 1.807) is 13.1 Å². The summed E-state index contributed by atoms with van der Waals surface area (Å²) in [6.45, 7) is 3.32. The van der Waals surface area contributed by atoms with E-state index in [0.717, 1.165) is 43.6 Å². The number of nitrogens with zero attached hydrogens (tertiary/aromatic N) is 4. The minimum Gasteiger partial charge on any atom is -0.342 e. The Morgan fingerprint density at radius 3 is 3.18 bits per heavy atom. The lowest BCUT2D eigenvalue weighted by molar-refractivity contribution is -0.132. The van der Waals surface area contributed by atoms with Gasteiger partial charge >= 0.3 is 0 Å². The van der Waals surface area contributed by atoms with Crippen molar-refractivity contribution in [3.05, 3.63) is 29.7 Å². The molecule has 7 heteroatoms. The number of carbonyl (C=O) groups excluding carboxylic acids is 1. The van der Waals surface area contributed by atoms with Gasteiger partial charge in [0.25, 0.3) is 0 Å². The van der Waals surface area contributed by atoms with Gasteiger partial charge in [0.2, 0.25) is 11.8 Å². The Morgan fingerprint density at radius 1 is 1.55 bits per heavy atom. The highest BCUT2D eigenvalue weighted by molar-refractivity contribution is 5.76. The maximum atomic E-state index is 12.3. The summed E-state index contributed by atoms with van der Waals surface area (Å²) >= 11 is 0. The lowest BCUT2D eigenvalue weighted by Gasteiger charge is -2.31. The van der Waals surface area contributed by atoms with E-state index in [1.807, 2.05) is 11.1 Å². The minimum absolute atomic E-state index is 0.198. The molecule has 1 aliphatic rings. The molecule has 1 N–H and O–H groups in total. The first-order valence-corrected chi connectivity index (χ1v) is 7.78. The van der Waals surface area contributed by atoms with Crippen molar-refractivity contribution in [2.24, 2.45) is 0 Å². The van der Waals surface area contributed by atoms with Gasteiger partial charge in [-0.2, -0.15) is 10.1 Å². The first-order valence-electron chi connectivity index (χ1n) is 7.78. The number of aromatic amines is 1. The van der Waals surface area contributed by atoms with E-state index >= 15 is 0 Å². The molecule has 0 aromatic carbocycles. The summed E-state index contributed by atoms with van der Waals surface area (Å²) in [4.78, 5) is 18.6. The maximum Gasteiger partial charge on any atom is 0.223 e. The third-order valence-corrected chi connectivity index (χ3v) is 4.09. The molecule has 1 amide bonds. The van der Waals surface area contributed by atoms with E-state index < -0.39 is 0 Å². The Balaban J connectivity index is 1.49. The summed E-state index contributed by atoms with van der Waals surface area (Å²) in [5.41, 5.74) is 1.14. The maximum absolute atomic E-state index is 12.3. The highest BCUT2D eigenvalue weighted by Gasteiger charge is 2.27. The fourth-order valence-corrected chi connectivity index (χ4v) is 2.91. The lowest BCUT2D eigenvalue weighted by Crippen LogP contribution is -2.39. The molecule has 0 unspecified atom stereocenters. The average Bonchev–Trinajstić information content (AvgIpc) is 3.19. The van der Waals surface area contributed by atoms with Crippen LogP contribution in [0, 0.1) is 6.92 Å². The van der Waals surface area contributed by atoms with Crippen LogP contribution in [0.1, 0.15) is 48.9 Å². The number of aryl methyl sites for hydroxylation is 2. The number of H-pyrrole nitrogens is 1. The second kappa shape index (κ2) is 6.72. The molecule has 3 rings (SSSR count). The number of hydrogen-bond acceptors (Lipinski definition) is 5. The van der Waals surface area contributed by atoms with E-state index in [-0.39, 0.29) is 11.8 Å². The van der Waals surface area contributed by atoms with Crippen LogP contribution in [-0.4, -0.2) is 44.2 Å². The second-order valence-corrected chi connectivity index (χ2v) is 5.81. The van der Waals surface area contributed by atoms with Crippen LogP contribution in [0.3, 0.4) is 0 Å². The zero-order chi connectivity index (χ0) is 15.4. The Labute approximate surface area is 129 Å². The van der Waals surface area contributed by atoms with Crippen molar-refractivity contribution in [3.63, 3.8) is 0 Å². The van der Waals surface area contributed by atoms with Crippen molar-refractivity contribution < 1.29 is 9.32 Å². The topological polar surface area (TPSA) is 87.9 Å². The van der Waals surface area contributed by atoms with Gasteiger partial charge < -0.3 is 9.42 Å². The molecule has 1 saturated heterocycles. The summed E-state index contributed by atoms with van der Waals surface area (Å²) < 4.78 is 5.05. The second-order valence-electron chi connectivity index (χ2n) is 5.81. The zero-order valence-electron chi connectivity index (χ0n) is 12.8. The number of nitrogens with one attached hydrogen (secondary N) is 1. The van der Waals surface area contributed by atoms with Crippen LogP contribution in [-0.2, 0) is 11.2 Å². The molecule has 22 heavy (non-hydrogen) atoms. The molecule has 0 bridgehead atoms. The van der Waals surface area contributed by atoms with E-state index in [1.165, 1.54) is 0 Å². The average molecular weight is 303 g/mol. The van der Waals surface area contributed by atoms with E-state index in [2.05, 4.69) is 20.3 Å². The van der Waals surface area contributed by atoms with Gasteiger partial charge in [-0.15, -0.1) is 0 Å². The monoisotopic (exact) mass is 303 g/mol. The number of piperidine rings is 1.